The van der Waals surface area contributed by atoms with E-state index in [1.807, 2.05) is 18.2 Å². The van der Waals surface area contributed by atoms with Gasteiger partial charge in [-0.3, -0.25) is 0 Å². The Morgan fingerprint density at radius 3 is 3.00 bits per heavy atom. The van der Waals surface area contributed by atoms with E-state index in [2.05, 4.69) is 29.6 Å². The van der Waals surface area contributed by atoms with Gasteiger partial charge in [-0.1, -0.05) is 24.3 Å². The number of aliphatic hydroxyl groups is 1. The molecule has 1 aliphatic carbocycles. The molecule has 2 aromatic carbocycles. The third-order valence-corrected chi connectivity index (χ3v) is 5.06. The maximum Gasteiger partial charge on any atom is 0.231 e. The Labute approximate surface area is 153 Å². The molecular weight excluding hydrogens is 330 g/mol. The molecule has 1 aliphatic heterocycles. The van der Waals surface area contributed by atoms with E-state index in [1.54, 1.807) is 0 Å². The van der Waals surface area contributed by atoms with E-state index in [1.165, 1.54) is 11.1 Å². The highest BCUT2D eigenvalue weighted by Gasteiger charge is 2.21. The SMILES string of the molecule is O[C@@H](C[NH2+]Cc1ccc2c(c1)OCO2)CO[C@@H]1CCCc2ccccc21. The van der Waals surface area contributed by atoms with E-state index >= 15 is 0 Å². The van der Waals surface area contributed by atoms with Gasteiger partial charge in [-0.15, -0.1) is 0 Å². The Kier molecular flexibility index (Phi) is 5.39. The van der Waals surface area contributed by atoms with Gasteiger partial charge in [-0.2, -0.15) is 0 Å². The maximum absolute atomic E-state index is 10.3. The van der Waals surface area contributed by atoms with Gasteiger partial charge in [0, 0.05) is 5.56 Å². The van der Waals surface area contributed by atoms with Crippen LogP contribution in [0.25, 0.3) is 0 Å². The first kappa shape index (κ1) is 17.3. The molecule has 0 radical (unpaired) electrons. The van der Waals surface area contributed by atoms with E-state index in [0.717, 1.165) is 42.9 Å². The predicted molar refractivity (Wildman–Crippen MR) is 97.1 cm³/mol. The summed E-state index contributed by atoms with van der Waals surface area (Å²) in [6, 6.07) is 14.5. The number of fused-ring (bicyclic) bond motifs is 2. The highest BCUT2D eigenvalue weighted by Crippen LogP contribution is 2.33. The summed E-state index contributed by atoms with van der Waals surface area (Å²) in [5, 5.41) is 12.4. The predicted octanol–water partition coefficient (Wildman–Crippen LogP) is 1.93. The Bertz CT molecular complexity index is 749. The molecule has 0 aromatic heterocycles. The zero-order valence-electron chi connectivity index (χ0n) is 14.9. The summed E-state index contributed by atoms with van der Waals surface area (Å²) < 4.78 is 16.7. The van der Waals surface area contributed by atoms with Crippen LogP contribution < -0.4 is 14.8 Å². The molecule has 0 saturated carbocycles. The normalized spacial score (nSPS) is 19.2. The van der Waals surface area contributed by atoms with Crippen molar-refractivity contribution in [2.75, 3.05) is 19.9 Å². The van der Waals surface area contributed by atoms with Gasteiger partial charge in [0.05, 0.1) is 12.7 Å². The molecule has 5 heteroatoms. The number of quaternary nitrogens is 1. The van der Waals surface area contributed by atoms with Gasteiger partial charge in [0.15, 0.2) is 11.5 Å². The number of aliphatic hydroxyl groups excluding tert-OH is 1. The zero-order valence-corrected chi connectivity index (χ0v) is 14.9. The molecular formula is C21H26NO4+. The number of rotatable bonds is 7. The van der Waals surface area contributed by atoms with E-state index in [9.17, 15) is 5.11 Å². The Hall–Kier alpha value is -2.08. The Balaban J connectivity index is 1.22. The van der Waals surface area contributed by atoms with E-state index in [4.69, 9.17) is 14.2 Å². The second-order valence-corrected chi connectivity index (χ2v) is 6.98. The Morgan fingerprint density at radius 1 is 1.15 bits per heavy atom. The van der Waals surface area contributed by atoms with Crippen LogP contribution in [0.1, 0.15) is 35.6 Å². The number of benzene rings is 2. The van der Waals surface area contributed by atoms with Crippen LogP contribution in [0.4, 0.5) is 0 Å². The van der Waals surface area contributed by atoms with Crippen molar-refractivity contribution in [1.29, 1.82) is 0 Å². The van der Waals surface area contributed by atoms with Gasteiger partial charge in [-0.05, 0) is 48.6 Å². The number of hydrogen-bond acceptors (Lipinski definition) is 4. The quantitative estimate of drug-likeness (QED) is 0.796. The molecule has 138 valence electrons. The summed E-state index contributed by atoms with van der Waals surface area (Å²) in [5.74, 6) is 1.60. The lowest BCUT2D eigenvalue weighted by atomic mass is 9.89. The summed E-state index contributed by atoms with van der Waals surface area (Å²) in [4.78, 5) is 0. The topological polar surface area (TPSA) is 64.5 Å². The van der Waals surface area contributed by atoms with Crippen LogP contribution >= 0.6 is 0 Å². The fourth-order valence-corrected chi connectivity index (χ4v) is 3.69. The molecule has 0 saturated heterocycles. The lowest BCUT2D eigenvalue weighted by molar-refractivity contribution is -0.676. The van der Waals surface area contributed by atoms with Crippen LogP contribution in [0.3, 0.4) is 0 Å². The first-order chi connectivity index (χ1) is 12.8. The summed E-state index contributed by atoms with van der Waals surface area (Å²) in [7, 11) is 0. The maximum atomic E-state index is 10.3. The van der Waals surface area contributed by atoms with Crippen LogP contribution in [0.5, 0.6) is 11.5 Å². The lowest BCUT2D eigenvalue weighted by Crippen LogP contribution is -2.85. The molecule has 1 heterocycles. The average molecular weight is 356 g/mol. The molecule has 2 aliphatic rings. The second kappa shape index (κ2) is 8.08. The first-order valence-electron chi connectivity index (χ1n) is 9.37. The number of hydrogen-bond donors (Lipinski definition) is 2. The van der Waals surface area contributed by atoms with Crippen molar-refractivity contribution in [3.63, 3.8) is 0 Å². The van der Waals surface area contributed by atoms with Gasteiger partial charge in [0.2, 0.25) is 6.79 Å². The van der Waals surface area contributed by atoms with Crippen LogP contribution in [-0.4, -0.2) is 31.2 Å². The molecule has 4 rings (SSSR count). The molecule has 3 N–H and O–H groups in total. The van der Waals surface area contributed by atoms with Crippen LogP contribution in [-0.2, 0) is 17.7 Å². The van der Waals surface area contributed by atoms with Crippen molar-refractivity contribution >= 4 is 0 Å². The molecule has 26 heavy (non-hydrogen) atoms. The third-order valence-electron chi connectivity index (χ3n) is 5.06. The Morgan fingerprint density at radius 2 is 2.04 bits per heavy atom. The van der Waals surface area contributed by atoms with Crippen LogP contribution in [0.15, 0.2) is 42.5 Å². The van der Waals surface area contributed by atoms with Crippen molar-refractivity contribution in [2.45, 2.75) is 38.0 Å². The molecule has 2 atom stereocenters. The first-order valence-corrected chi connectivity index (χ1v) is 9.37. The number of ether oxygens (including phenoxy) is 3. The highest BCUT2D eigenvalue weighted by atomic mass is 16.7. The minimum atomic E-state index is -0.474. The summed E-state index contributed by atoms with van der Waals surface area (Å²) >= 11 is 0. The molecule has 0 unspecified atom stereocenters. The van der Waals surface area contributed by atoms with Crippen molar-refractivity contribution in [3.05, 3.63) is 59.2 Å². The summed E-state index contributed by atoms with van der Waals surface area (Å²) in [6.07, 6.45) is 2.95. The molecule has 0 amide bonds. The minimum Gasteiger partial charge on any atom is -0.454 e. The fourth-order valence-electron chi connectivity index (χ4n) is 3.69. The number of nitrogens with two attached hydrogens (primary N) is 1. The van der Waals surface area contributed by atoms with E-state index in [0.29, 0.717) is 19.9 Å². The summed E-state index contributed by atoms with van der Waals surface area (Å²) in [5.41, 5.74) is 3.83. The number of aryl methyl sites for hydroxylation is 1. The van der Waals surface area contributed by atoms with Gasteiger partial charge >= 0.3 is 0 Å². The molecule has 0 spiro atoms. The van der Waals surface area contributed by atoms with E-state index in [-0.39, 0.29) is 6.10 Å². The van der Waals surface area contributed by atoms with Crippen molar-refractivity contribution in [3.8, 4) is 11.5 Å². The molecule has 2 aromatic rings. The van der Waals surface area contributed by atoms with E-state index < -0.39 is 6.10 Å². The molecule has 5 nitrogen and oxygen atoms in total. The second-order valence-electron chi connectivity index (χ2n) is 6.98. The van der Waals surface area contributed by atoms with Crippen molar-refractivity contribution in [2.24, 2.45) is 0 Å². The van der Waals surface area contributed by atoms with Gasteiger partial charge in [0.25, 0.3) is 0 Å². The smallest absolute Gasteiger partial charge is 0.231 e. The highest BCUT2D eigenvalue weighted by molar-refractivity contribution is 5.44. The average Bonchev–Trinajstić information content (AvgIpc) is 3.14. The minimum absolute atomic E-state index is 0.114. The van der Waals surface area contributed by atoms with Crippen molar-refractivity contribution in [1.82, 2.24) is 0 Å². The van der Waals surface area contributed by atoms with Gasteiger partial charge < -0.3 is 24.6 Å². The van der Waals surface area contributed by atoms with Crippen LogP contribution in [0, 0.1) is 0 Å². The van der Waals surface area contributed by atoms with Gasteiger partial charge in [-0.25, -0.2) is 0 Å². The standard InChI is InChI=1S/C21H25NO4/c23-17(12-22-11-15-8-9-20-21(10-15)26-14-25-20)13-24-19-7-3-5-16-4-1-2-6-18(16)19/h1-2,4,6,8-10,17,19,22-23H,3,5,7,11-14H2/p+1/t17-,19+/m0/s1. The zero-order chi connectivity index (χ0) is 17.8. The fraction of sp³-hybridized carbons (Fsp3) is 0.429. The largest absolute Gasteiger partial charge is 0.454 e. The third kappa shape index (κ3) is 4.01. The summed E-state index contributed by atoms with van der Waals surface area (Å²) in [6.45, 7) is 2.07. The lowest BCUT2D eigenvalue weighted by Gasteiger charge is -2.26. The van der Waals surface area contributed by atoms with Gasteiger partial charge in [0.1, 0.15) is 19.2 Å². The van der Waals surface area contributed by atoms with Crippen LogP contribution in [0.2, 0.25) is 0 Å². The monoisotopic (exact) mass is 356 g/mol. The molecule has 0 fully saturated rings. The van der Waals surface area contributed by atoms with Crippen molar-refractivity contribution < 1.29 is 24.6 Å². The molecule has 0 bridgehead atoms.